The van der Waals surface area contributed by atoms with Crippen LogP contribution >= 0.6 is 0 Å². The van der Waals surface area contributed by atoms with Crippen molar-refractivity contribution in [1.29, 1.82) is 0 Å². The Hall–Kier alpha value is -2.37. The predicted octanol–water partition coefficient (Wildman–Crippen LogP) is 1.13. The van der Waals surface area contributed by atoms with Crippen molar-refractivity contribution in [3.63, 3.8) is 0 Å². The summed E-state index contributed by atoms with van der Waals surface area (Å²) in [6.45, 7) is 0.260. The molecule has 0 unspecified atom stereocenters. The van der Waals surface area contributed by atoms with E-state index in [1.165, 1.54) is 4.68 Å². The number of para-hydroxylation sites is 1. The zero-order valence-corrected chi connectivity index (χ0v) is 8.95. The lowest BCUT2D eigenvalue weighted by atomic mass is 10.1. The van der Waals surface area contributed by atoms with E-state index in [-0.39, 0.29) is 18.7 Å². The highest BCUT2D eigenvalue weighted by Crippen LogP contribution is 2.26. The molecule has 0 fully saturated rings. The van der Waals surface area contributed by atoms with Crippen LogP contribution in [0.3, 0.4) is 0 Å². The summed E-state index contributed by atoms with van der Waals surface area (Å²) in [6.07, 6.45) is 1.60. The smallest absolute Gasteiger partial charge is 0.305 e. The van der Waals surface area contributed by atoms with Gasteiger partial charge in [0.25, 0.3) is 0 Å². The molecule has 0 aliphatic heterocycles. The Morgan fingerprint density at radius 2 is 2.12 bits per heavy atom. The maximum Gasteiger partial charge on any atom is 0.305 e. The average molecular weight is 233 g/mol. The van der Waals surface area contributed by atoms with E-state index in [0.717, 1.165) is 0 Å². The first-order valence-electron chi connectivity index (χ1n) is 5.07. The van der Waals surface area contributed by atoms with E-state index in [0.29, 0.717) is 11.3 Å². The minimum atomic E-state index is -0.885. The second-order valence-electron chi connectivity index (χ2n) is 3.53. The number of phenolic OH excluding ortho intramolecular Hbond substituents is 1. The molecule has 0 spiro atoms. The number of phenols is 1. The summed E-state index contributed by atoms with van der Waals surface area (Å²) in [5.74, 6) is -0.762. The van der Waals surface area contributed by atoms with Gasteiger partial charge in [0.1, 0.15) is 11.4 Å². The zero-order chi connectivity index (χ0) is 12.3. The minimum Gasteiger partial charge on any atom is -0.507 e. The van der Waals surface area contributed by atoms with Crippen molar-refractivity contribution < 1.29 is 15.0 Å². The van der Waals surface area contributed by atoms with Gasteiger partial charge in [0.2, 0.25) is 0 Å². The Labute approximate surface area is 97.1 Å². The standard InChI is InChI=1S/C11H11N3O3/c15-10-4-2-1-3-8(10)9-7-14(13-12-9)6-5-11(16)17/h1-4,7,15H,5-6H2,(H,16,17). The monoisotopic (exact) mass is 233 g/mol. The number of carbonyl (C=O) groups is 1. The molecule has 88 valence electrons. The number of hydrogen-bond donors (Lipinski definition) is 2. The Bertz CT molecular complexity index is 536. The summed E-state index contributed by atoms with van der Waals surface area (Å²) in [4.78, 5) is 10.4. The van der Waals surface area contributed by atoms with Crippen molar-refractivity contribution in [1.82, 2.24) is 15.0 Å². The number of carboxylic acid groups (broad SMARTS) is 1. The molecule has 0 aliphatic carbocycles. The summed E-state index contributed by atoms with van der Waals surface area (Å²) in [6, 6.07) is 6.78. The van der Waals surface area contributed by atoms with Crippen molar-refractivity contribution >= 4 is 5.97 Å². The molecule has 2 aromatic rings. The van der Waals surface area contributed by atoms with Crippen LogP contribution in [-0.2, 0) is 11.3 Å². The molecule has 1 heterocycles. The molecule has 0 amide bonds. The molecular weight excluding hydrogens is 222 g/mol. The summed E-state index contributed by atoms with van der Waals surface area (Å²) in [7, 11) is 0. The molecule has 17 heavy (non-hydrogen) atoms. The van der Waals surface area contributed by atoms with Crippen LogP contribution in [-0.4, -0.2) is 31.2 Å². The van der Waals surface area contributed by atoms with Crippen molar-refractivity contribution in [2.75, 3.05) is 0 Å². The van der Waals surface area contributed by atoms with Crippen LogP contribution < -0.4 is 0 Å². The van der Waals surface area contributed by atoms with Crippen LogP contribution in [0.25, 0.3) is 11.3 Å². The van der Waals surface area contributed by atoms with Gasteiger partial charge in [0.15, 0.2) is 0 Å². The molecule has 0 bridgehead atoms. The lowest BCUT2D eigenvalue weighted by molar-refractivity contribution is -0.137. The number of rotatable bonds is 4. The predicted molar refractivity (Wildman–Crippen MR) is 59.4 cm³/mol. The number of aromatic hydroxyl groups is 1. The number of nitrogens with zero attached hydrogens (tertiary/aromatic N) is 3. The van der Waals surface area contributed by atoms with Gasteiger partial charge in [0.05, 0.1) is 19.2 Å². The fourth-order valence-corrected chi connectivity index (χ4v) is 1.43. The van der Waals surface area contributed by atoms with E-state index in [4.69, 9.17) is 5.11 Å². The third-order valence-electron chi connectivity index (χ3n) is 2.27. The third kappa shape index (κ3) is 2.60. The van der Waals surface area contributed by atoms with Gasteiger partial charge in [-0.25, -0.2) is 0 Å². The maximum absolute atomic E-state index is 10.4. The van der Waals surface area contributed by atoms with Crippen LogP contribution in [0.2, 0.25) is 0 Å². The lowest BCUT2D eigenvalue weighted by Crippen LogP contribution is -2.04. The highest BCUT2D eigenvalue weighted by Gasteiger charge is 2.08. The maximum atomic E-state index is 10.4. The Morgan fingerprint density at radius 1 is 1.35 bits per heavy atom. The molecule has 0 saturated carbocycles. The Kier molecular flexibility index (Phi) is 3.04. The summed E-state index contributed by atoms with van der Waals surface area (Å²) in [5, 5.41) is 25.8. The minimum absolute atomic E-state index is 0.0103. The molecular formula is C11H11N3O3. The second kappa shape index (κ2) is 4.65. The molecule has 6 heteroatoms. The molecule has 0 radical (unpaired) electrons. The third-order valence-corrected chi connectivity index (χ3v) is 2.27. The highest BCUT2D eigenvalue weighted by atomic mass is 16.4. The van der Waals surface area contributed by atoms with E-state index in [9.17, 15) is 9.90 Å². The summed E-state index contributed by atoms with van der Waals surface area (Å²) in [5.41, 5.74) is 1.10. The van der Waals surface area contributed by atoms with Crippen LogP contribution in [0.4, 0.5) is 0 Å². The van der Waals surface area contributed by atoms with E-state index in [2.05, 4.69) is 10.3 Å². The lowest BCUT2D eigenvalue weighted by Gasteiger charge is -1.98. The first-order valence-corrected chi connectivity index (χ1v) is 5.07. The fraction of sp³-hybridized carbons (Fsp3) is 0.182. The Balaban J connectivity index is 2.18. The quantitative estimate of drug-likeness (QED) is 0.826. The molecule has 0 saturated heterocycles. The van der Waals surface area contributed by atoms with Gasteiger partial charge in [-0.1, -0.05) is 17.3 Å². The molecule has 2 rings (SSSR count). The summed E-state index contributed by atoms with van der Waals surface area (Å²) >= 11 is 0. The van der Waals surface area contributed by atoms with Gasteiger partial charge in [-0.05, 0) is 12.1 Å². The number of hydrogen-bond acceptors (Lipinski definition) is 4. The van der Waals surface area contributed by atoms with Crippen molar-refractivity contribution in [3.8, 4) is 17.0 Å². The van der Waals surface area contributed by atoms with Crippen molar-refractivity contribution in [2.45, 2.75) is 13.0 Å². The van der Waals surface area contributed by atoms with Gasteiger partial charge in [0, 0.05) is 5.56 Å². The fourth-order valence-electron chi connectivity index (χ4n) is 1.43. The van der Waals surface area contributed by atoms with E-state index >= 15 is 0 Å². The molecule has 1 aromatic heterocycles. The summed E-state index contributed by atoms with van der Waals surface area (Å²) < 4.78 is 1.44. The largest absolute Gasteiger partial charge is 0.507 e. The number of aliphatic carboxylic acids is 1. The van der Waals surface area contributed by atoms with Gasteiger partial charge >= 0.3 is 5.97 Å². The van der Waals surface area contributed by atoms with Crippen LogP contribution in [0.5, 0.6) is 5.75 Å². The van der Waals surface area contributed by atoms with Gasteiger partial charge in [-0.15, -0.1) is 5.10 Å². The normalized spacial score (nSPS) is 10.4. The second-order valence-corrected chi connectivity index (χ2v) is 3.53. The van der Waals surface area contributed by atoms with Gasteiger partial charge < -0.3 is 10.2 Å². The van der Waals surface area contributed by atoms with Crippen LogP contribution in [0.15, 0.2) is 30.5 Å². The molecule has 6 nitrogen and oxygen atoms in total. The van der Waals surface area contributed by atoms with Crippen molar-refractivity contribution in [3.05, 3.63) is 30.5 Å². The SMILES string of the molecule is O=C(O)CCn1cc(-c2ccccc2O)nn1. The number of aromatic nitrogens is 3. The van der Waals surface area contributed by atoms with E-state index in [1.807, 2.05) is 0 Å². The molecule has 0 aliphatic rings. The number of benzene rings is 1. The van der Waals surface area contributed by atoms with Crippen LogP contribution in [0, 0.1) is 0 Å². The van der Waals surface area contributed by atoms with Gasteiger partial charge in [-0.2, -0.15) is 0 Å². The first-order chi connectivity index (χ1) is 8.16. The average Bonchev–Trinajstić information content (AvgIpc) is 2.75. The number of carboxylic acids is 1. The zero-order valence-electron chi connectivity index (χ0n) is 8.95. The van der Waals surface area contributed by atoms with Crippen LogP contribution in [0.1, 0.15) is 6.42 Å². The Morgan fingerprint density at radius 3 is 2.82 bits per heavy atom. The number of aryl methyl sites for hydroxylation is 1. The highest BCUT2D eigenvalue weighted by molar-refractivity contribution is 5.67. The molecule has 0 atom stereocenters. The topological polar surface area (TPSA) is 88.2 Å². The van der Waals surface area contributed by atoms with E-state index in [1.54, 1.807) is 30.5 Å². The van der Waals surface area contributed by atoms with E-state index < -0.39 is 5.97 Å². The first kappa shape index (κ1) is 11.1. The van der Waals surface area contributed by atoms with Gasteiger partial charge in [-0.3, -0.25) is 9.48 Å². The van der Waals surface area contributed by atoms with Crippen molar-refractivity contribution in [2.24, 2.45) is 0 Å². The molecule has 2 N–H and O–H groups in total. The molecule has 1 aromatic carbocycles.